The van der Waals surface area contributed by atoms with E-state index >= 15 is 0 Å². The van der Waals surface area contributed by atoms with Gasteiger partial charge in [0.05, 0.1) is 0 Å². The summed E-state index contributed by atoms with van der Waals surface area (Å²) in [7, 11) is 1.77. The lowest BCUT2D eigenvalue weighted by molar-refractivity contribution is 0.233. The second-order valence-electron chi connectivity index (χ2n) is 5.06. The van der Waals surface area contributed by atoms with Gasteiger partial charge in [0, 0.05) is 29.5 Å². The first-order valence-corrected chi connectivity index (χ1v) is 6.10. The van der Waals surface area contributed by atoms with Gasteiger partial charge in [-0.1, -0.05) is 45.0 Å². The van der Waals surface area contributed by atoms with Gasteiger partial charge in [0.25, 0.3) is 4.82 Å². The molecule has 88 valence electrons. The lowest BCUT2D eigenvalue weighted by Crippen LogP contribution is -2.19. The van der Waals surface area contributed by atoms with Crippen molar-refractivity contribution in [2.75, 3.05) is 7.05 Å². The predicted molar refractivity (Wildman–Crippen MR) is 70.9 cm³/mol. The Hall–Kier alpha value is -0.830. The van der Waals surface area contributed by atoms with Crippen LogP contribution in [-0.2, 0) is 12.0 Å². The van der Waals surface area contributed by atoms with E-state index in [1.165, 1.54) is 5.56 Å². The fraction of sp³-hybridized carbons (Fsp3) is 0.462. The summed E-state index contributed by atoms with van der Waals surface area (Å²) in [5.41, 5.74) is 2.63. The highest BCUT2D eigenvalue weighted by Gasteiger charge is 2.13. The quantitative estimate of drug-likeness (QED) is 0.595. The molecule has 0 unspecified atom stereocenters. The molecule has 0 saturated carbocycles. The highest BCUT2D eigenvalue weighted by molar-refractivity contribution is 9.18. The Morgan fingerprint density at radius 3 is 2.12 bits per heavy atom. The van der Waals surface area contributed by atoms with E-state index in [1.54, 1.807) is 11.9 Å². The Bertz CT molecular complexity index is 365. The molecule has 0 aliphatic carbocycles. The molecule has 1 amide bonds. The molecule has 0 saturated heterocycles. The molecule has 0 fully saturated rings. The van der Waals surface area contributed by atoms with Gasteiger partial charge in [0.15, 0.2) is 0 Å². The molecule has 0 N–H and O–H groups in total. The van der Waals surface area contributed by atoms with Crippen molar-refractivity contribution >= 4 is 20.7 Å². The highest BCUT2D eigenvalue weighted by atomic mass is 79.9. The number of rotatable bonds is 2. The van der Waals surface area contributed by atoms with Gasteiger partial charge >= 0.3 is 0 Å². The van der Waals surface area contributed by atoms with Gasteiger partial charge in [-0.25, -0.2) is 0 Å². The third-order valence-corrected chi connectivity index (χ3v) is 3.15. The number of halogens is 1. The van der Waals surface area contributed by atoms with E-state index in [0.717, 1.165) is 5.56 Å². The predicted octanol–water partition coefficient (Wildman–Crippen LogP) is 3.93. The number of hydrogen-bond acceptors (Lipinski definition) is 1. The molecule has 0 aliphatic rings. The summed E-state index contributed by atoms with van der Waals surface area (Å²) >= 11 is 2.93. The second kappa shape index (κ2) is 5.00. The van der Waals surface area contributed by atoms with Crippen LogP contribution in [0.3, 0.4) is 0 Å². The number of carbonyl (C=O) groups excluding carboxylic acids is 1. The number of hydrogen-bond donors (Lipinski definition) is 0. The smallest absolute Gasteiger partial charge is 0.289 e. The molecule has 0 heterocycles. The normalized spacial score (nSPS) is 11.3. The lowest BCUT2D eigenvalue weighted by atomic mass is 9.87. The van der Waals surface area contributed by atoms with Crippen molar-refractivity contribution in [2.45, 2.75) is 32.7 Å². The summed E-state index contributed by atoms with van der Waals surface area (Å²) in [4.78, 5) is 12.6. The van der Waals surface area contributed by atoms with Crippen molar-refractivity contribution in [2.24, 2.45) is 0 Å². The zero-order valence-corrected chi connectivity index (χ0v) is 11.8. The van der Waals surface area contributed by atoms with Gasteiger partial charge in [0.2, 0.25) is 0 Å². The minimum Gasteiger partial charge on any atom is -0.332 e. The first-order valence-electron chi connectivity index (χ1n) is 5.31. The number of carbonyl (C=O) groups is 1. The maximum absolute atomic E-state index is 11.0. The van der Waals surface area contributed by atoms with Crippen LogP contribution in [0.25, 0.3) is 0 Å². The molecular formula is C13H18BrNO. The van der Waals surface area contributed by atoms with Crippen LogP contribution >= 0.6 is 15.9 Å². The zero-order chi connectivity index (χ0) is 12.3. The summed E-state index contributed by atoms with van der Waals surface area (Å²) in [5.74, 6) is 0. The Morgan fingerprint density at radius 2 is 1.75 bits per heavy atom. The second-order valence-corrected chi connectivity index (χ2v) is 5.73. The Labute approximate surface area is 106 Å². The van der Waals surface area contributed by atoms with E-state index in [1.807, 2.05) is 0 Å². The molecule has 0 atom stereocenters. The van der Waals surface area contributed by atoms with Gasteiger partial charge in [-0.15, -0.1) is 0 Å². The van der Waals surface area contributed by atoms with Crippen LogP contribution in [0.1, 0.15) is 31.9 Å². The molecule has 0 radical (unpaired) electrons. The van der Waals surface area contributed by atoms with E-state index in [9.17, 15) is 4.79 Å². The first kappa shape index (κ1) is 13.2. The average molecular weight is 284 g/mol. The van der Waals surface area contributed by atoms with Crippen molar-refractivity contribution in [1.29, 1.82) is 0 Å². The SMILES string of the molecule is CN(Cc1ccc(C(C)(C)C)cc1)C(=O)Br. The molecule has 1 aromatic carbocycles. The molecule has 0 aromatic heterocycles. The zero-order valence-electron chi connectivity index (χ0n) is 10.2. The van der Waals surface area contributed by atoms with E-state index in [4.69, 9.17) is 0 Å². The summed E-state index contributed by atoms with van der Waals surface area (Å²) in [5, 5.41) is 0. The number of nitrogens with zero attached hydrogens (tertiary/aromatic N) is 1. The maximum atomic E-state index is 11.0. The van der Waals surface area contributed by atoms with Crippen LogP contribution < -0.4 is 0 Å². The monoisotopic (exact) mass is 283 g/mol. The molecular weight excluding hydrogens is 266 g/mol. The standard InChI is InChI=1S/C13H18BrNO/c1-13(2,3)11-7-5-10(6-8-11)9-15(4)12(14)16/h5-8H,9H2,1-4H3. The summed E-state index contributed by atoms with van der Waals surface area (Å²) in [6.45, 7) is 7.21. The van der Waals surface area contributed by atoms with Crippen LogP contribution in [0, 0.1) is 0 Å². The average Bonchev–Trinajstić information content (AvgIpc) is 2.17. The maximum Gasteiger partial charge on any atom is 0.289 e. The largest absolute Gasteiger partial charge is 0.332 e. The van der Waals surface area contributed by atoms with Crippen molar-refractivity contribution in [1.82, 2.24) is 4.90 Å². The summed E-state index contributed by atoms with van der Waals surface area (Å²) < 4.78 is 0. The van der Waals surface area contributed by atoms with Crippen LogP contribution in [-0.4, -0.2) is 16.8 Å². The van der Waals surface area contributed by atoms with E-state index in [-0.39, 0.29) is 10.2 Å². The van der Waals surface area contributed by atoms with Crippen LogP contribution in [0.4, 0.5) is 4.79 Å². The van der Waals surface area contributed by atoms with Crippen molar-refractivity contribution in [3.63, 3.8) is 0 Å². The Kier molecular flexibility index (Phi) is 4.14. The fourth-order valence-corrected chi connectivity index (χ4v) is 1.57. The van der Waals surface area contributed by atoms with E-state index in [0.29, 0.717) is 6.54 Å². The number of amides is 1. The van der Waals surface area contributed by atoms with Gasteiger partial charge in [-0.2, -0.15) is 0 Å². The van der Waals surface area contributed by atoms with Crippen LogP contribution in [0.5, 0.6) is 0 Å². The topological polar surface area (TPSA) is 20.3 Å². The highest BCUT2D eigenvalue weighted by Crippen LogP contribution is 2.22. The van der Waals surface area contributed by atoms with Crippen molar-refractivity contribution < 1.29 is 4.79 Å². The van der Waals surface area contributed by atoms with Crippen molar-refractivity contribution in [3.05, 3.63) is 35.4 Å². The Balaban J connectivity index is 2.76. The number of benzene rings is 1. The van der Waals surface area contributed by atoms with Crippen LogP contribution in [0.2, 0.25) is 0 Å². The molecule has 2 nitrogen and oxygen atoms in total. The minimum absolute atomic E-state index is 0.0904. The molecule has 0 aliphatic heterocycles. The molecule has 16 heavy (non-hydrogen) atoms. The van der Waals surface area contributed by atoms with E-state index < -0.39 is 0 Å². The molecule has 3 heteroatoms. The summed E-state index contributed by atoms with van der Waals surface area (Å²) in [6, 6.07) is 8.41. The molecule has 1 rings (SSSR count). The fourth-order valence-electron chi connectivity index (χ4n) is 1.45. The third-order valence-electron chi connectivity index (χ3n) is 2.54. The Morgan fingerprint density at radius 1 is 1.25 bits per heavy atom. The van der Waals surface area contributed by atoms with Crippen molar-refractivity contribution in [3.8, 4) is 0 Å². The first-order chi connectivity index (χ1) is 7.30. The van der Waals surface area contributed by atoms with Gasteiger partial charge < -0.3 is 4.90 Å². The third kappa shape index (κ3) is 3.63. The lowest BCUT2D eigenvalue weighted by Gasteiger charge is -2.20. The minimum atomic E-state index is -0.0904. The van der Waals surface area contributed by atoms with Crippen LogP contribution in [0.15, 0.2) is 24.3 Å². The molecule has 0 spiro atoms. The summed E-state index contributed by atoms with van der Waals surface area (Å²) in [6.07, 6.45) is 0. The van der Waals surface area contributed by atoms with Gasteiger partial charge in [0.1, 0.15) is 0 Å². The molecule has 1 aromatic rings. The van der Waals surface area contributed by atoms with Gasteiger partial charge in [-0.05, 0) is 16.5 Å². The van der Waals surface area contributed by atoms with E-state index in [2.05, 4.69) is 61.0 Å². The van der Waals surface area contributed by atoms with Gasteiger partial charge in [-0.3, -0.25) is 4.79 Å². The molecule has 0 bridgehead atoms.